The van der Waals surface area contributed by atoms with Crippen molar-refractivity contribution in [3.63, 3.8) is 0 Å². The highest BCUT2D eigenvalue weighted by molar-refractivity contribution is 5.97. The quantitative estimate of drug-likeness (QED) is 0.569. The van der Waals surface area contributed by atoms with E-state index in [1.54, 1.807) is 17.5 Å². The van der Waals surface area contributed by atoms with Crippen LogP contribution in [0.25, 0.3) is 5.65 Å². The minimum atomic E-state index is -0.919. The van der Waals surface area contributed by atoms with Crippen molar-refractivity contribution in [2.75, 3.05) is 6.61 Å². The SMILES string of the molecule is CCOc1cccn2c(C(=O)CC(CC(=O)O)c3cc(C)ccc3C)c(C)nc12. The van der Waals surface area contributed by atoms with Gasteiger partial charge >= 0.3 is 5.97 Å². The normalized spacial score (nSPS) is 12.1. The Kier molecular flexibility index (Phi) is 6.01. The van der Waals surface area contributed by atoms with E-state index in [2.05, 4.69) is 4.98 Å². The molecule has 0 saturated heterocycles. The molecule has 29 heavy (non-hydrogen) atoms. The van der Waals surface area contributed by atoms with Crippen molar-refractivity contribution in [2.45, 2.75) is 46.5 Å². The number of aromatic nitrogens is 2. The number of hydrogen-bond acceptors (Lipinski definition) is 4. The predicted octanol–water partition coefficient (Wildman–Crippen LogP) is 4.49. The van der Waals surface area contributed by atoms with Gasteiger partial charge in [-0.05, 0) is 51.0 Å². The van der Waals surface area contributed by atoms with Gasteiger partial charge in [0.25, 0.3) is 0 Å². The van der Waals surface area contributed by atoms with Gasteiger partial charge in [0.2, 0.25) is 0 Å². The fourth-order valence-corrected chi connectivity index (χ4v) is 3.78. The van der Waals surface area contributed by atoms with Crippen LogP contribution in [0, 0.1) is 20.8 Å². The third-order valence-electron chi connectivity index (χ3n) is 5.08. The Bertz CT molecular complexity index is 1070. The number of ketones is 1. The van der Waals surface area contributed by atoms with Gasteiger partial charge in [0.1, 0.15) is 5.69 Å². The van der Waals surface area contributed by atoms with E-state index in [1.807, 2.05) is 51.1 Å². The molecule has 0 aliphatic rings. The van der Waals surface area contributed by atoms with Gasteiger partial charge in [0.05, 0.1) is 18.7 Å². The molecule has 0 aliphatic carbocycles. The monoisotopic (exact) mass is 394 g/mol. The third kappa shape index (κ3) is 4.31. The average molecular weight is 394 g/mol. The summed E-state index contributed by atoms with van der Waals surface area (Å²) >= 11 is 0. The summed E-state index contributed by atoms with van der Waals surface area (Å²) in [6.07, 6.45) is 1.79. The van der Waals surface area contributed by atoms with Crippen LogP contribution in [0.5, 0.6) is 5.75 Å². The number of nitrogens with zero attached hydrogens (tertiary/aromatic N) is 2. The summed E-state index contributed by atoms with van der Waals surface area (Å²) in [6.45, 7) is 8.10. The van der Waals surface area contributed by atoms with Gasteiger partial charge in [-0.3, -0.25) is 14.0 Å². The molecule has 152 valence electrons. The van der Waals surface area contributed by atoms with E-state index < -0.39 is 11.9 Å². The zero-order chi connectivity index (χ0) is 21.1. The van der Waals surface area contributed by atoms with Crippen molar-refractivity contribution in [1.82, 2.24) is 9.38 Å². The van der Waals surface area contributed by atoms with Gasteiger partial charge < -0.3 is 9.84 Å². The zero-order valence-electron chi connectivity index (χ0n) is 17.2. The molecular weight excluding hydrogens is 368 g/mol. The molecule has 2 heterocycles. The number of carboxylic acid groups (broad SMARTS) is 1. The number of ether oxygens (including phenoxy) is 1. The van der Waals surface area contributed by atoms with Gasteiger partial charge in [-0.25, -0.2) is 4.98 Å². The summed E-state index contributed by atoms with van der Waals surface area (Å²) in [4.78, 5) is 29.3. The molecular formula is C23H26N2O4. The first kappa shape index (κ1) is 20.6. The number of aliphatic carboxylic acids is 1. The molecule has 0 saturated carbocycles. The highest BCUT2D eigenvalue weighted by Crippen LogP contribution is 2.30. The van der Waals surface area contributed by atoms with E-state index in [9.17, 15) is 14.7 Å². The van der Waals surface area contributed by atoms with E-state index in [0.29, 0.717) is 29.4 Å². The number of fused-ring (bicyclic) bond motifs is 1. The third-order valence-corrected chi connectivity index (χ3v) is 5.08. The van der Waals surface area contributed by atoms with E-state index in [1.165, 1.54) is 0 Å². The average Bonchev–Trinajstić information content (AvgIpc) is 3.00. The maximum absolute atomic E-state index is 13.3. The minimum Gasteiger partial charge on any atom is -0.490 e. The molecule has 0 radical (unpaired) electrons. The van der Waals surface area contributed by atoms with E-state index in [0.717, 1.165) is 16.7 Å². The Morgan fingerprint density at radius 2 is 1.93 bits per heavy atom. The van der Waals surface area contributed by atoms with Crippen LogP contribution in [-0.4, -0.2) is 32.9 Å². The molecule has 0 aliphatic heterocycles. The number of carboxylic acids is 1. The fraction of sp³-hybridized carbons (Fsp3) is 0.348. The van der Waals surface area contributed by atoms with Crippen LogP contribution in [0.1, 0.15) is 58.6 Å². The van der Waals surface area contributed by atoms with Crippen LogP contribution in [0.4, 0.5) is 0 Å². The summed E-state index contributed by atoms with van der Waals surface area (Å²) < 4.78 is 7.37. The molecule has 2 aromatic heterocycles. The summed E-state index contributed by atoms with van der Waals surface area (Å²) in [6, 6.07) is 9.57. The number of aryl methyl sites for hydroxylation is 3. The topological polar surface area (TPSA) is 80.9 Å². The van der Waals surface area contributed by atoms with Crippen molar-refractivity contribution in [1.29, 1.82) is 0 Å². The number of imidazole rings is 1. The van der Waals surface area contributed by atoms with Gasteiger partial charge in [-0.2, -0.15) is 0 Å². The lowest BCUT2D eigenvalue weighted by atomic mass is 9.86. The zero-order valence-corrected chi connectivity index (χ0v) is 17.2. The molecule has 0 bridgehead atoms. The molecule has 6 nitrogen and oxygen atoms in total. The Labute approximate surface area is 170 Å². The van der Waals surface area contributed by atoms with Crippen molar-refractivity contribution in [2.24, 2.45) is 0 Å². The van der Waals surface area contributed by atoms with E-state index in [-0.39, 0.29) is 18.6 Å². The molecule has 0 amide bonds. The minimum absolute atomic E-state index is 0.101. The van der Waals surface area contributed by atoms with Gasteiger partial charge in [0.15, 0.2) is 17.2 Å². The summed E-state index contributed by atoms with van der Waals surface area (Å²) in [5, 5.41) is 9.43. The first-order valence-corrected chi connectivity index (χ1v) is 9.74. The van der Waals surface area contributed by atoms with E-state index in [4.69, 9.17) is 4.74 Å². The lowest BCUT2D eigenvalue weighted by Crippen LogP contribution is -2.15. The molecule has 3 aromatic rings. The molecule has 1 unspecified atom stereocenters. The first-order chi connectivity index (χ1) is 13.8. The van der Waals surface area contributed by atoms with Gasteiger partial charge in [-0.15, -0.1) is 0 Å². The Hall–Kier alpha value is -3.15. The maximum Gasteiger partial charge on any atom is 0.303 e. The van der Waals surface area contributed by atoms with Crippen molar-refractivity contribution in [3.8, 4) is 5.75 Å². The van der Waals surface area contributed by atoms with Gasteiger partial charge in [0, 0.05) is 18.5 Å². The second kappa shape index (κ2) is 8.47. The number of carbonyl (C=O) groups excluding carboxylic acids is 1. The van der Waals surface area contributed by atoms with Crippen LogP contribution in [0.15, 0.2) is 36.5 Å². The largest absolute Gasteiger partial charge is 0.490 e. The Morgan fingerprint density at radius 1 is 1.17 bits per heavy atom. The number of Topliss-reactive ketones (excluding diaryl/α,β-unsaturated/α-hetero) is 1. The summed E-state index contributed by atoms with van der Waals surface area (Å²) in [7, 11) is 0. The molecule has 6 heteroatoms. The fourth-order valence-electron chi connectivity index (χ4n) is 3.78. The number of benzene rings is 1. The second-order valence-corrected chi connectivity index (χ2v) is 7.33. The lowest BCUT2D eigenvalue weighted by Gasteiger charge is -2.18. The van der Waals surface area contributed by atoms with Gasteiger partial charge in [-0.1, -0.05) is 23.8 Å². The number of pyridine rings is 1. The van der Waals surface area contributed by atoms with Crippen LogP contribution in [0.2, 0.25) is 0 Å². The summed E-state index contributed by atoms with van der Waals surface area (Å²) in [5.41, 5.74) is 4.61. The smallest absolute Gasteiger partial charge is 0.303 e. The maximum atomic E-state index is 13.3. The molecule has 1 N–H and O–H groups in total. The van der Waals surface area contributed by atoms with Crippen LogP contribution < -0.4 is 4.74 Å². The highest BCUT2D eigenvalue weighted by Gasteiger charge is 2.25. The number of carbonyl (C=O) groups is 2. The number of hydrogen-bond donors (Lipinski definition) is 1. The number of rotatable bonds is 8. The Balaban J connectivity index is 2.00. The Morgan fingerprint density at radius 3 is 2.62 bits per heavy atom. The highest BCUT2D eigenvalue weighted by atomic mass is 16.5. The van der Waals surface area contributed by atoms with Crippen molar-refractivity contribution >= 4 is 17.4 Å². The second-order valence-electron chi connectivity index (χ2n) is 7.33. The van der Waals surface area contributed by atoms with Crippen LogP contribution in [0.3, 0.4) is 0 Å². The molecule has 3 rings (SSSR count). The summed E-state index contributed by atoms with van der Waals surface area (Å²) in [5.74, 6) is -0.832. The van der Waals surface area contributed by atoms with Crippen LogP contribution in [-0.2, 0) is 4.79 Å². The molecule has 1 atom stereocenters. The molecule has 0 spiro atoms. The first-order valence-electron chi connectivity index (χ1n) is 9.74. The molecule has 1 aromatic carbocycles. The lowest BCUT2D eigenvalue weighted by molar-refractivity contribution is -0.137. The van der Waals surface area contributed by atoms with Crippen molar-refractivity contribution in [3.05, 3.63) is 64.6 Å². The predicted molar refractivity (Wildman–Crippen MR) is 111 cm³/mol. The van der Waals surface area contributed by atoms with Crippen molar-refractivity contribution < 1.29 is 19.4 Å². The standard InChI is InChI=1S/C23H26N2O4/c1-5-29-20-7-6-10-25-22(16(4)24-23(20)25)19(26)12-17(13-21(27)28)18-11-14(2)8-9-15(18)3/h6-11,17H,5,12-13H2,1-4H3,(H,27,28). The van der Waals surface area contributed by atoms with Crippen LogP contribution >= 0.6 is 0 Å². The molecule has 0 fully saturated rings. The van der Waals surface area contributed by atoms with E-state index >= 15 is 0 Å².